The first kappa shape index (κ1) is 19.7. The Kier molecular flexibility index (Phi) is 7.08. The van der Waals surface area contributed by atoms with E-state index in [2.05, 4.69) is 21.9 Å². The van der Waals surface area contributed by atoms with Crippen LogP contribution in [0.25, 0.3) is 0 Å². The van der Waals surface area contributed by atoms with Gasteiger partial charge in [-0.2, -0.15) is 0 Å². The molecule has 27 heavy (non-hydrogen) atoms. The molecular weight excluding hydrogens is 349 g/mol. The van der Waals surface area contributed by atoms with Gasteiger partial charge in [-0.3, -0.25) is 14.4 Å². The number of benzene rings is 2. The van der Waals surface area contributed by atoms with Gasteiger partial charge in [0.1, 0.15) is 5.82 Å². The van der Waals surface area contributed by atoms with E-state index in [4.69, 9.17) is 6.42 Å². The molecule has 0 bridgehead atoms. The van der Waals surface area contributed by atoms with E-state index in [0.717, 1.165) is 0 Å². The second kappa shape index (κ2) is 9.73. The average Bonchev–Trinajstić information content (AvgIpc) is 2.67. The molecule has 0 spiro atoms. The fourth-order valence-electron chi connectivity index (χ4n) is 2.22. The molecule has 0 atom stereocenters. The third-order valence-corrected chi connectivity index (χ3v) is 3.54. The summed E-state index contributed by atoms with van der Waals surface area (Å²) in [7, 11) is 0. The number of halogens is 1. The molecule has 2 aromatic carbocycles. The van der Waals surface area contributed by atoms with Gasteiger partial charge in [0.25, 0.3) is 11.8 Å². The molecular formula is C20H18FN3O3. The SMILES string of the molecule is C#CCNC(=O)c1ccccc1NC(=O)CCNC(=O)c1ccc(F)cc1. The van der Waals surface area contributed by atoms with E-state index >= 15 is 0 Å². The average molecular weight is 367 g/mol. The Morgan fingerprint density at radius 1 is 0.963 bits per heavy atom. The Morgan fingerprint density at radius 2 is 1.67 bits per heavy atom. The van der Waals surface area contributed by atoms with Crippen LogP contribution in [-0.2, 0) is 4.79 Å². The summed E-state index contributed by atoms with van der Waals surface area (Å²) in [6, 6.07) is 11.6. The lowest BCUT2D eigenvalue weighted by Crippen LogP contribution is -2.28. The van der Waals surface area contributed by atoms with Crippen molar-refractivity contribution in [2.75, 3.05) is 18.4 Å². The summed E-state index contributed by atoms with van der Waals surface area (Å²) in [5, 5.41) is 7.75. The maximum absolute atomic E-state index is 12.9. The number of hydrogen-bond acceptors (Lipinski definition) is 3. The summed E-state index contributed by atoms with van der Waals surface area (Å²) < 4.78 is 12.9. The molecule has 2 aromatic rings. The van der Waals surface area contributed by atoms with Crippen molar-refractivity contribution in [3.05, 3.63) is 65.5 Å². The number of anilines is 1. The molecule has 0 heterocycles. The number of amides is 3. The van der Waals surface area contributed by atoms with E-state index in [9.17, 15) is 18.8 Å². The minimum atomic E-state index is -0.434. The lowest BCUT2D eigenvalue weighted by Gasteiger charge is -2.11. The lowest BCUT2D eigenvalue weighted by molar-refractivity contribution is -0.116. The normalized spacial score (nSPS) is 9.78. The zero-order valence-corrected chi connectivity index (χ0v) is 14.4. The van der Waals surface area contributed by atoms with Crippen molar-refractivity contribution >= 4 is 23.4 Å². The molecule has 0 aliphatic heterocycles. The van der Waals surface area contributed by atoms with Gasteiger partial charge < -0.3 is 16.0 Å². The number of carbonyl (C=O) groups is 3. The van der Waals surface area contributed by atoms with E-state index in [1.54, 1.807) is 24.3 Å². The van der Waals surface area contributed by atoms with E-state index in [1.807, 2.05) is 0 Å². The molecule has 0 saturated heterocycles. The Labute approximate surface area is 156 Å². The van der Waals surface area contributed by atoms with Crippen LogP contribution in [0, 0.1) is 18.2 Å². The molecule has 0 aliphatic rings. The summed E-state index contributed by atoms with van der Waals surface area (Å²) in [6.07, 6.45) is 5.12. The third kappa shape index (κ3) is 5.97. The molecule has 0 unspecified atom stereocenters. The second-order valence-electron chi connectivity index (χ2n) is 5.49. The minimum absolute atomic E-state index is 0.00719. The molecule has 0 aromatic heterocycles. The summed E-state index contributed by atoms with van der Waals surface area (Å²) in [4.78, 5) is 36.0. The van der Waals surface area contributed by atoms with E-state index in [-0.39, 0.29) is 31.0 Å². The van der Waals surface area contributed by atoms with Gasteiger partial charge >= 0.3 is 0 Å². The van der Waals surface area contributed by atoms with Crippen LogP contribution in [0.3, 0.4) is 0 Å². The van der Waals surface area contributed by atoms with Gasteiger partial charge in [0.2, 0.25) is 5.91 Å². The maximum atomic E-state index is 12.9. The second-order valence-corrected chi connectivity index (χ2v) is 5.49. The predicted octanol–water partition coefficient (Wildman–Crippen LogP) is 1.95. The van der Waals surface area contributed by atoms with Gasteiger partial charge in [0, 0.05) is 18.5 Å². The van der Waals surface area contributed by atoms with Crippen LogP contribution in [0.2, 0.25) is 0 Å². The molecule has 0 fully saturated rings. The zero-order valence-electron chi connectivity index (χ0n) is 14.4. The smallest absolute Gasteiger partial charge is 0.254 e. The van der Waals surface area contributed by atoms with E-state index in [0.29, 0.717) is 11.3 Å². The van der Waals surface area contributed by atoms with Crippen LogP contribution in [-0.4, -0.2) is 30.8 Å². The number of nitrogens with one attached hydrogen (secondary N) is 3. The largest absolute Gasteiger partial charge is 0.352 e. The van der Waals surface area contributed by atoms with Crippen LogP contribution in [0.4, 0.5) is 10.1 Å². The quantitative estimate of drug-likeness (QED) is 0.654. The van der Waals surface area contributed by atoms with Crippen LogP contribution in [0.5, 0.6) is 0 Å². The van der Waals surface area contributed by atoms with Crippen molar-refractivity contribution in [2.24, 2.45) is 0 Å². The molecule has 2 rings (SSSR count). The highest BCUT2D eigenvalue weighted by Gasteiger charge is 2.13. The molecule has 7 heteroatoms. The highest BCUT2D eigenvalue weighted by Crippen LogP contribution is 2.15. The summed E-state index contributed by atoms with van der Waals surface area (Å²) in [6.45, 7) is 0.171. The Balaban J connectivity index is 1.87. The topological polar surface area (TPSA) is 87.3 Å². The fraction of sp³-hybridized carbons (Fsp3) is 0.150. The Bertz CT molecular complexity index is 873. The summed E-state index contributed by atoms with van der Waals surface area (Å²) in [5.41, 5.74) is 0.936. The maximum Gasteiger partial charge on any atom is 0.254 e. The fourth-order valence-corrected chi connectivity index (χ4v) is 2.22. The summed E-state index contributed by atoms with van der Waals surface area (Å²) in [5.74, 6) is 0.699. The number of para-hydroxylation sites is 1. The van der Waals surface area contributed by atoms with Gasteiger partial charge in [-0.15, -0.1) is 6.42 Å². The highest BCUT2D eigenvalue weighted by molar-refractivity contribution is 6.04. The summed E-state index contributed by atoms with van der Waals surface area (Å²) >= 11 is 0. The first-order valence-electron chi connectivity index (χ1n) is 8.15. The molecule has 0 aliphatic carbocycles. The van der Waals surface area contributed by atoms with Crippen molar-refractivity contribution in [3.8, 4) is 12.3 Å². The van der Waals surface area contributed by atoms with Crippen molar-refractivity contribution in [1.82, 2.24) is 10.6 Å². The highest BCUT2D eigenvalue weighted by atomic mass is 19.1. The van der Waals surface area contributed by atoms with Crippen LogP contribution < -0.4 is 16.0 Å². The van der Waals surface area contributed by atoms with Crippen molar-refractivity contribution < 1.29 is 18.8 Å². The number of hydrogen-bond donors (Lipinski definition) is 3. The van der Waals surface area contributed by atoms with Crippen LogP contribution >= 0.6 is 0 Å². The van der Waals surface area contributed by atoms with Crippen LogP contribution in [0.15, 0.2) is 48.5 Å². The first-order chi connectivity index (χ1) is 13.0. The third-order valence-electron chi connectivity index (χ3n) is 3.54. The number of rotatable bonds is 7. The molecule has 0 saturated carbocycles. The Hall–Kier alpha value is -3.66. The van der Waals surface area contributed by atoms with Crippen molar-refractivity contribution in [3.63, 3.8) is 0 Å². The molecule has 3 N–H and O–H groups in total. The molecule has 0 radical (unpaired) electrons. The van der Waals surface area contributed by atoms with Gasteiger partial charge in [-0.1, -0.05) is 18.1 Å². The van der Waals surface area contributed by atoms with Crippen LogP contribution in [0.1, 0.15) is 27.1 Å². The zero-order chi connectivity index (χ0) is 19.6. The number of carbonyl (C=O) groups excluding carboxylic acids is 3. The molecule has 138 valence electrons. The van der Waals surface area contributed by atoms with Gasteiger partial charge in [0.15, 0.2) is 0 Å². The van der Waals surface area contributed by atoms with Crippen molar-refractivity contribution in [2.45, 2.75) is 6.42 Å². The Morgan fingerprint density at radius 3 is 2.37 bits per heavy atom. The lowest BCUT2D eigenvalue weighted by atomic mass is 10.1. The van der Waals surface area contributed by atoms with Gasteiger partial charge in [-0.25, -0.2) is 4.39 Å². The standard InChI is InChI=1S/C20H18FN3O3/c1-2-12-22-20(27)16-5-3-4-6-17(16)24-18(25)11-13-23-19(26)14-7-9-15(21)10-8-14/h1,3-10H,11-13H2,(H,22,27)(H,23,26)(H,24,25). The minimum Gasteiger partial charge on any atom is -0.352 e. The molecule has 6 nitrogen and oxygen atoms in total. The van der Waals surface area contributed by atoms with Crippen molar-refractivity contribution in [1.29, 1.82) is 0 Å². The van der Waals surface area contributed by atoms with E-state index < -0.39 is 17.6 Å². The predicted molar refractivity (Wildman–Crippen MR) is 99.6 cm³/mol. The molecule has 3 amide bonds. The number of terminal acetylenes is 1. The van der Waals surface area contributed by atoms with Gasteiger partial charge in [-0.05, 0) is 36.4 Å². The first-order valence-corrected chi connectivity index (χ1v) is 8.15. The monoisotopic (exact) mass is 367 g/mol. The van der Waals surface area contributed by atoms with E-state index in [1.165, 1.54) is 24.3 Å². The van der Waals surface area contributed by atoms with Gasteiger partial charge in [0.05, 0.1) is 17.8 Å².